The first-order valence-electron chi connectivity index (χ1n) is 6.98. The van der Waals surface area contributed by atoms with E-state index in [1.165, 1.54) is 0 Å². The van der Waals surface area contributed by atoms with Gasteiger partial charge in [-0.05, 0) is 17.5 Å². The fourth-order valence-electron chi connectivity index (χ4n) is 2.42. The maximum absolute atomic E-state index is 10.2. The lowest BCUT2D eigenvalue weighted by molar-refractivity contribution is -0.112. The highest BCUT2D eigenvalue weighted by atomic mass is 16.4. The lowest BCUT2D eigenvalue weighted by Gasteiger charge is -2.26. The third-order valence-electron chi connectivity index (χ3n) is 3.74. The summed E-state index contributed by atoms with van der Waals surface area (Å²) in [5, 5.41) is 57.8. The molecule has 120 valence electrons. The fourth-order valence-corrected chi connectivity index (χ4v) is 2.42. The Balaban J connectivity index is 2.31. The first-order chi connectivity index (χ1) is 10.5. The van der Waals surface area contributed by atoms with Crippen molar-refractivity contribution >= 4 is 5.57 Å². The van der Waals surface area contributed by atoms with Gasteiger partial charge in [0, 0.05) is 5.57 Å². The van der Waals surface area contributed by atoms with Crippen LogP contribution in [0.15, 0.2) is 42.2 Å². The number of benzene rings is 1. The Kier molecular flexibility index (Phi) is 5.33. The molecule has 6 nitrogen and oxygen atoms in total. The van der Waals surface area contributed by atoms with E-state index in [0.717, 1.165) is 11.1 Å². The highest BCUT2D eigenvalue weighted by molar-refractivity contribution is 5.79. The summed E-state index contributed by atoms with van der Waals surface area (Å²) in [6.45, 7) is -0.773. The maximum atomic E-state index is 10.2. The fraction of sp³-hybridized carbons (Fsp3) is 0.375. The zero-order chi connectivity index (χ0) is 16.3. The minimum atomic E-state index is -1.84. The van der Waals surface area contributed by atoms with Crippen LogP contribution in [0.4, 0.5) is 0 Å². The van der Waals surface area contributed by atoms with Crippen LogP contribution in [-0.4, -0.2) is 61.7 Å². The summed E-state index contributed by atoms with van der Waals surface area (Å²) < 4.78 is 0. The molecular weight excluding hydrogens is 288 g/mol. The predicted molar refractivity (Wildman–Crippen MR) is 79.9 cm³/mol. The topological polar surface area (TPSA) is 121 Å². The van der Waals surface area contributed by atoms with Gasteiger partial charge in [0.15, 0.2) is 0 Å². The highest BCUT2D eigenvalue weighted by Gasteiger charge is 2.33. The van der Waals surface area contributed by atoms with Crippen molar-refractivity contribution in [3.63, 3.8) is 0 Å². The van der Waals surface area contributed by atoms with Gasteiger partial charge in [-0.15, -0.1) is 0 Å². The van der Waals surface area contributed by atoms with Crippen LogP contribution in [0.1, 0.15) is 11.1 Å². The summed E-state index contributed by atoms with van der Waals surface area (Å²) in [5.74, 6) is -0.500. The molecule has 0 amide bonds. The highest BCUT2D eigenvalue weighted by Crippen LogP contribution is 2.29. The zero-order valence-corrected chi connectivity index (χ0v) is 11.9. The molecule has 6 heteroatoms. The van der Waals surface area contributed by atoms with Crippen molar-refractivity contribution in [1.29, 1.82) is 0 Å². The normalized spacial score (nSPS) is 21.7. The molecule has 4 atom stereocenters. The summed E-state index contributed by atoms with van der Waals surface area (Å²) in [4.78, 5) is 0. The Morgan fingerprint density at radius 1 is 1.05 bits per heavy atom. The van der Waals surface area contributed by atoms with E-state index in [1.807, 2.05) is 18.2 Å². The lowest BCUT2D eigenvalue weighted by atomic mass is 9.89. The zero-order valence-electron chi connectivity index (χ0n) is 11.9. The van der Waals surface area contributed by atoms with Gasteiger partial charge in [0.05, 0.1) is 6.61 Å². The summed E-state index contributed by atoms with van der Waals surface area (Å²) in [6, 6.07) is 7.32. The van der Waals surface area contributed by atoms with Crippen molar-refractivity contribution in [2.75, 3.05) is 6.61 Å². The van der Waals surface area contributed by atoms with Crippen molar-refractivity contribution in [2.24, 2.45) is 0 Å². The van der Waals surface area contributed by atoms with Crippen LogP contribution < -0.4 is 0 Å². The molecule has 0 aromatic heterocycles. The molecule has 0 spiro atoms. The number of aliphatic hydroxyl groups excluding tert-OH is 6. The molecule has 0 radical (unpaired) electrons. The average Bonchev–Trinajstić information content (AvgIpc) is 2.57. The van der Waals surface area contributed by atoms with Crippen LogP contribution in [0.5, 0.6) is 0 Å². The molecule has 0 bridgehead atoms. The second-order valence-corrected chi connectivity index (χ2v) is 5.24. The van der Waals surface area contributed by atoms with Crippen molar-refractivity contribution < 1.29 is 30.6 Å². The number of fused-ring (bicyclic) bond motifs is 1. The van der Waals surface area contributed by atoms with Gasteiger partial charge in [-0.25, -0.2) is 0 Å². The van der Waals surface area contributed by atoms with Gasteiger partial charge in [-0.2, -0.15) is 0 Å². The molecule has 6 N–H and O–H groups in total. The van der Waals surface area contributed by atoms with Gasteiger partial charge in [-0.1, -0.05) is 36.4 Å². The van der Waals surface area contributed by atoms with E-state index in [9.17, 15) is 25.5 Å². The van der Waals surface area contributed by atoms with Gasteiger partial charge in [0.25, 0.3) is 0 Å². The van der Waals surface area contributed by atoms with E-state index in [1.54, 1.807) is 18.2 Å². The Morgan fingerprint density at radius 2 is 1.73 bits per heavy atom. The van der Waals surface area contributed by atoms with Gasteiger partial charge in [0.1, 0.15) is 30.2 Å². The van der Waals surface area contributed by atoms with Gasteiger partial charge >= 0.3 is 0 Å². The smallest absolute Gasteiger partial charge is 0.140 e. The second-order valence-electron chi connectivity index (χ2n) is 5.24. The van der Waals surface area contributed by atoms with Crippen LogP contribution in [0.25, 0.3) is 5.57 Å². The van der Waals surface area contributed by atoms with E-state index >= 15 is 0 Å². The molecule has 0 unspecified atom stereocenters. The third-order valence-corrected chi connectivity index (χ3v) is 3.74. The van der Waals surface area contributed by atoms with Crippen molar-refractivity contribution in [2.45, 2.75) is 30.8 Å². The molecule has 1 aliphatic rings. The van der Waals surface area contributed by atoms with Crippen LogP contribution in [0.3, 0.4) is 0 Å². The van der Waals surface area contributed by atoms with Crippen molar-refractivity contribution in [3.05, 3.63) is 53.3 Å². The SMILES string of the molecule is OC[C@@H](O)[C@@H](O)[C@H](O)[C@@H](O)C(O)=C1C=CCc2ccccc21. The standard InChI is InChI=1S/C16H20O6/c17-8-12(18)14(20)16(22)15(21)13(19)11-7-3-5-9-4-1-2-6-10(9)11/h1-4,6-7,12,14-22H,5,8H2/t12-,14-,15+,16+/m1/s1. The molecule has 22 heavy (non-hydrogen) atoms. The van der Waals surface area contributed by atoms with E-state index in [4.69, 9.17) is 5.11 Å². The summed E-state index contributed by atoms with van der Waals surface area (Å²) >= 11 is 0. The van der Waals surface area contributed by atoms with Gasteiger partial charge in [-0.3, -0.25) is 0 Å². The van der Waals surface area contributed by atoms with E-state index in [0.29, 0.717) is 12.0 Å². The number of hydrogen-bond donors (Lipinski definition) is 6. The molecule has 1 aliphatic carbocycles. The van der Waals surface area contributed by atoms with Crippen LogP contribution in [0.2, 0.25) is 0 Å². The molecule has 0 heterocycles. The molecule has 1 aromatic rings. The quantitative estimate of drug-likeness (QED) is 0.408. The van der Waals surface area contributed by atoms with Crippen LogP contribution >= 0.6 is 0 Å². The minimum Gasteiger partial charge on any atom is -0.509 e. The molecule has 0 saturated carbocycles. The first-order valence-corrected chi connectivity index (χ1v) is 6.98. The van der Waals surface area contributed by atoms with E-state index in [-0.39, 0.29) is 0 Å². The van der Waals surface area contributed by atoms with E-state index < -0.39 is 36.8 Å². The Morgan fingerprint density at radius 3 is 2.41 bits per heavy atom. The van der Waals surface area contributed by atoms with Gasteiger partial charge < -0.3 is 30.6 Å². The minimum absolute atomic E-state index is 0.346. The van der Waals surface area contributed by atoms with Crippen LogP contribution in [-0.2, 0) is 6.42 Å². The summed E-state index contributed by atoms with van der Waals surface area (Å²) in [6.07, 6.45) is -2.90. The number of hydrogen-bond acceptors (Lipinski definition) is 6. The monoisotopic (exact) mass is 308 g/mol. The second kappa shape index (κ2) is 7.04. The molecule has 0 fully saturated rings. The van der Waals surface area contributed by atoms with Crippen LogP contribution in [0, 0.1) is 0 Å². The molecule has 0 saturated heterocycles. The van der Waals surface area contributed by atoms with Gasteiger partial charge in [0.2, 0.25) is 0 Å². The molecule has 0 aliphatic heterocycles. The Labute approximate surface area is 127 Å². The maximum Gasteiger partial charge on any atom is 0.140 e. The van der Waals surface area contributed by atoms with Crippen molar-refractivity contribution in [1.82, 2.24) is 0 Å². The van der Waals surface area contributed by atoms with E-state index in [2.05, 4.69) is 0 Å². The lowest BCUT2D eigenvalue weighted by Crippen LogP contribution is -2.46. The molecular formula is C16H20O6. The largest absolute Gasteiger partial charge is 0.509 e. The van der Waals surface area contributed by atoms with Crippen molar-refractivity contribution in [3.8, 4) is 0 Å². The Hall–Kier alpha value is -1.70. The predicted octanol–water partition coefficient (Wildman–Crippen LogP) is -0.496. The Bertz CT molecular complexity index is 580. The summed E-state index contributed by atoms with van der Waals surface area (Å²) in [5.41, 5.74) is 2.04. The first kappa shape index (κ1) is 16.7. The number of rotatable bonds is 5. The number of aliphatic hydroxyl groups is 6. The average molecular weight is 308 g/mol. The number of allylic oxidation sites excluding steroid dienone is 3. The molecule has 1 aromatic carbocycles. The molecule has 2 rings (SSSR count). The third kappa shape index (κ3) is 3.21. The summed E-state index contributed by atoms with van der Waals surface area (Å²) in [7, 11) is 0.